The van der Waals surface area contributed by atoms with Gasteiger partial charge in [0, 0.05) is 0 Å². The molecule has 0 aromatic rings. The fourth-order valence-corrected chi connectivity index (χ4v) is 2.55. The second-order valence-electron chi connectivity index (χ2n) is 5.40. The molecule has 0 radical (unpaired) electrons. The first kappa shape index (κ1) is 14.0. The summed E-state index contributed by atoms with van der Waals surface area (Å²) in [5.74, 6) is 4.33. The Kier molecular flexibility index (Phi) is 6.48. The quantitative estimate of drug-likeness (QED) is 0.564. The Balaban J connectivity index is 4.28. The summed E-state index contributed by atoms with van der Waals surface area (Å²) >= 11 is 0. The minimum atomic E-state index is 0.821. The van der Waals surface area contributed by atoms with Gasteiger partial charge in [0.1, 0.15) is 0 Å². The minimum absolute atomic E-state index is 0.821. The zero-order valence-corrected chi connectivity index (χ0v) is 11.3. The zero-order chi connectivity index (χ0) is 11.3. The Hall–Kier alpha value is 0. The van der Waals surface area contributed by atoms with Crippen LogP contribution >= 0.6 is 0 Å². The van der Waals surface area contributed by atoms with Crippen LogP contribution in [0.4, 0.5) is 0 Å². The second kappa shape index (κ2) is 6.48. The summed E-state index contributed by atoms with van der Waals surface area (Å²) < 4.78 is 0. The molecule has 0 spiro atoms. The van der Waals surface area contributed by atoms with Crippen molar-refractivity contribution >= 4 is 0 Å². The normalized spacial score (nSPS) is 18.6. The van der Waals surface area contributed by atoms with Gasteiger partial charge in [-0.25, -0.2) is 0 Å². The van der Waals surface area contributed by atoms with Crippen LogP contribution in [0.2, 0.25) is 0 Å². The fraction of sp³-hybridized carbons (Fsp3) is 1.00. The van der Waals surface area contributed by atoms with Gasteiger partial charge in [0.05, 0.1) is 0 Å². The van der Waals surface area contributed by atoms with E-state index < -0.39 is 0 Å². The molecule has 0 rings (SSSR count). The maximum Gasteiger partial charge on any atom is -0.0386 e. The average molecular weight is 198 g/mol. The van der Waals surface area contributed by atoms with E-state index in [1.165, 1.54) is 12.8 Å². The van der Waals surface area contributed by atoms with Gasteiger partial charge in [-0.3, -0.25) is 0 Å². The van der Waals surface area contributed by atoms with Crippen LogP contribution in [-0.4, -0.2) is 0 Å². The third-order valence-electron chi connectivity index (χ3n) is 4.50. The summed E-state index contributed by atoms with van der Waals surface area (Å²) in [5, 5.41) is 0. The lowest BCUT2D eigenvalue weighted by Gasteiger charge is -2.33. The van der Waals surface area contributed by atoms with Crippen LogP contribution < -0.4 is 0 Å². The zero-order valence-electron chi connectivity index (χ0n) is 11.3. The van der Waals surface area contributed by atoms with Crippen LogP contribution in [0.5, 0.6) is 0 Å². The number of rotatable bonds is 6. The molecule has 3 atom stereocenters. The summed E-state index contributed by atoms with van der Waals surface area (Å²) in [5.41, 5.74) is 0. The summed E-state index contributed by atoms with van der Waals surface area (Å²) in [4.78, 5) is 0. The molecule has 0 aromatic heterocycles. The van der Waals surface area contributed by atoms with E-state index in [-0.39, 0.29) is 0 Å². The molecule has 3 unspecified atom stereocenters. The monoisotopic (exact) mass is 198 g/mol. The van der Waals surface area contributed by atoms with E-state index in [9.17, 15) is 0 Å². The van der Waals surface area contributed by atoms with E-state index in [4.69, 9.17) is 0 Å². The van der Waals surface area contributed by atoms with Crippen molar-refractivity contribution in [1.82, 2.24) is 0 Å². The molecule has 0 aromatic carbocycles. The maximum atomic E-state index is 2.45. The average Bonchev–Trinajstić information content (AvgIpc) is 2.17. The maximum absolute atomic E-state index is 2.45. The lowest BCUT2D eigenvalue weighted by Crippen LogP contribution is -2.26. The summed E-state index contributed by atoms with van der Waals surface area (Å²) in [6, 6.07) is 0. The van der Waals surface area contributed by atoms with Crippen molar-refractivity contribution in [3.05, 3.63) is 0 Å². The number of hydrogen-bond donors (Lipinski definition) is 0. The lowest BCUT2D eigenvalue weighted by molar-refractivity contribution is 0.162. The van der Waals surface area contributed by atoms with E-state index in [2.05, 4.69) is 48.5 Å². The van der Waals surface area contributed by atoms with Gasteiger partial charge in [-0.1, -0.05) is 61.3 Å². The summed E-state index contributed by atoms with van der Waals surface area (Å²) in [7, 11) is 0. The molecule has 14 heavy (non-hydrogen) atoms. The van der Waals surface area contributed by atoms with Crippen molar-refractivity contribution in [2.24, 2.45) is 29.6 Å². The minimum Gasteiger partial charge on any atom is -0.0651 e. The van der Waals surface area contributed by atoms with E-state index in [1.807, 2.05) is 0 Å². The van der Waals surface area contributed by atoms with Crippen molar-refractivity contribution < 1.29 is 0 Å². The topological polar surface area (TPSA) is 0 Å². The first-order chi connectivity index (χ1) is 6.45. The molecular formula is C14H30. The molecule has 0 saturated heterocycles. The van der Waals surface area contributed by atoms with Crippen LogP contribution in [0.3, 0.4) is 0 Å². The van der Waals surface area contributed by atoms with Gasteiger partial charge in [0.25, 0.3) is 0 Å². The van der Waals surface area contributed by atoms with Gasteiger partial charge >= 0.3 is 0 Å². The first-order valence-electron chi connectivity index (χ1n) is 6.45. The van der Waals surface area contributed by atoms with Gasteiger partial charge in [-0.15, -0.1) is 0 Å². The molecule has 0 aliphatic heterocycles. The smallest absolute Gasteiger partial charge is 0.0386 e. The SMILES string of the molecule is CCC(CC)C(C)C(C)C(C)C(C)C. The Morgan fingerprint density at radius 1 is 0.643 bits per heavy atom. The van der Waals surface area contributed by atoms with E-state index in [0.29, 0.717) is 0 Å². The van der Waals surface area contributed by atoms with E-state index in [0.717, 1.165) is 29.6 Å². The third-order valence-corrected chi connectivity index (χ3v) is 4.50. The van der Waals surface area contributed by atoms with Crippen molar-refractivity contribution in [2.75, 3.05) is 0 Å². The van der Waals surface area contributed by atoms with Crippen LogP contribution in [-0.2, 0) is 0 Å². The molecule has 86 valence electrons. The predicted octanol–water partition coefficient (Wildman–Crippen LogP) is 4.99. The highest BCUT2D eigenvalue weighted by Crippen LogP contribution is 2.33. The van der Waals surface area contributed by atoms with Crippen molar-refractivity contribution in [3.63, 3.8) is 0 Å². The molecule has 0 nitrogen and oxygen atoms in total. The largest absolute Gasteiger partial charge is 0.0651 e. The van der Waals surface area contributed by atoms with Crippen LogP contribution in [0.15, 0.2) is 0 Å². The Morgan fingerprint density at radius 3 is 1.36 bits per heavy atom. The van der Waals surface area contributed by atoms with Gasteiger partial charge in [0.15, 0.2) is 0 Å². The number of hydrogen-bond acceptors (Lipinski definition) is 0. The predicted molar refractivity (Wildman–Crippen MR) is 66.4 cm³/mol. The van der Waals surface area contributed by atoms with Crippen molar-refractivity contribution in [1.29, 1.82) is 0 Å². The molecular weight excluding hydrogens is 168 g/mol. The van der Waals surface area contributed by atoms with Crippen LogP contribution in [0.1, 0.15) is 61.3 Å². The van der Waals surface area contributed by atoms with Crippen LogP contribution in [0, 0.1) is 29.6 Å². The Bertz CT molecular complexity index is 127. The molecule has 0 saturated carbocycles. The first-order valence-corrected chi connectivity index (χ1v) is 6.45. The standard InChI is InChI=1S/C14H30/c1-8-14(9-2)13(7)12(6)11(5)10(3)4/h10-14H,8-9H2,1-7H3. The molecule has 0 fully saturated rings. The highest BCUT2D eigenvalue weighted by Gasteiger charge is 2.25. The van der Waals surface area contributed by atoms with Crippen LogP contribution in [0.25, 0.3) is 0 Å². The Morgan fingerprint density at radius 2 is 1.07 bits per heavy atom. The Labute approximate surface area is 91.5 Å². The van der Waals surface area contributed by atoms with Crippen molar-refractivity contribution in [2.45, 2.75) is 61.3 Å². The van der Waals surface area contributed by atoms with Gasteiger partial charge in [-0.2, -0.15) is 0 Å². The third kappa shape index (κ3) is 3.63. The van der Waals surface area contributed by atoms with Gasteiger partial charge in [0.2, 0.25) is 0 Å². The van der Waals surface area contributed by atoms with Crippen molar-refractivity contribution in [3.8, 4) is 0 Å². The lowest BCUT2D eigenvalue weighted by atomic mass is 9.72. The molecule has 0 aliphatic rings. The van der Waals surface area contributed by atoms with Gasteiger partial charge < -0.3 is 0 Å². The van der Waals surface area contributed by atoms with E-state index >= 15 is 0 Å². The summed E-state index contributed by atoms with van der Waals surface area (Å²) in [6.45, 7) is 16.7. The highest BCUT2D eigenvalue weighted by atomic mass is 14.3. The second-order valence-corrected chi connectivity index (χ2v) is 5.40. The molecule has 0 aliphatic carbocycles. The van der Waals surface area contributed by atoms with Gasteiger partial charge in [-0.05, 0) is 29.6 Å². The van der Waals surface area contributed by atoms with E-state index in [1.54, 1.807) is 0 Å². The summed E-state index contributed by atoms with van der Waals surface area (Å²) in [6.07, 6.45) is 2.68. The highest BCUT2D eigenvalue weighted by molar-refractivity contribution is 4.75. The molecule has 0 amide bonds. The molecule has 0 heteroatoms. The fourth-order valence-electron chi connectivity index (χ4n) is 2.55. The molecule has 0 bridgehead atoms. The molecule has 0 N–H and O–H groups in total. The molecule has 0 heterocycles.